The number of hydrogen-bond acceptors (Lipinski definition) is 0. The van der Waals surface area contributed by atoms with Crippen LogP contribution in [0.5, 0.6) is 0 Å². The standard InChI is InChI=1S/C10H8ClNSe/c11-8-3-1-4-9(7-8)13-10-5-2-6-12-10/h1-7,12H. The second kappa shape index (κ2) is 4.01. The summed E-state index contributed by atoms with van der Waals surface area (Å²) >= 11 is 6.23. The third kappa shape index (κ3) is 2.38. The monoisotopic (exact) mass is 257 g/mol. The van der Waals surface area contributed by atoms with Crippen LogP contribution in [0.15, 0.2) is 42.6 Å². The van der Waals surface area contributed by atoms with E-state index in [-0.39, 0.29) is 0 Å². The number of aromatic amines is 1. The van der Waals surface area contributed by atoms with Crippen LogP contribution < -0.4 is 9.05 Å². The van der Waals surface area contributed by atoms with E-state index in [4.69, 9.17) is 11.6 Å². The molecule has 13 heavy (non-hydrogen) atoms. The van der Waals surface area contributed by atoms with E-state index >= 15 is 0 Å². The molecule has 0 spiro atoms. The van der Waals surface area contributed by atoms with Crippen molar-refractivity contribution < 1.29 is 0 Å². The van der Waals surface area contributed by atoms with Gasteiger partial charge < -0.3 is 0 Å². The minimum absolute atomic E-state index is 0.342. The van der Waals surface area contributed by atoms with Gasteiger partial charge in [0.1, 0.15) is 0 Å². The van der Waals surface area contributed by atoms with E-state index in [1.807, 2.05) is 30.5 Å². The van der Waals surface area contributed by atoms with Gasteiger partial charge in [0.2, 0.25) is 0 Å². The van der Waals surface area contributed by atoms with E-state index in [0.29, 0.717) is 15.0 Å². The molecule has 0 aliphatic carbocycles. The molecule has 1 N–H and O–H groups in total. The normalized spacial score (nSPS) is 10.2. The molecule has 2 aromatic rings. The van der Waals surface area contributed by atoms with Crippen molar-refractivity contribution in [2.24, 2.45) is 0 Å². The van der Waals surface area contributed by atoms with Crippen LogP contribution in [-0.4, -0.2) is 19.9 Å². The van der Waals surface area contributed by atoms with Crippen molar-refractivity contribution in [1.29, 1.82) is 0 Å². The summed E-state index contributed by atoms with van der Waals surface area (Å²) in [6.07, 6.45) is 1.95. The first-order valence-electron chi connectivity index (χ1n) is 3.91. The summed E-state index contributed by atoms with van der Waals surface area (Å²) in [6, 6.07) is 12.1. The van der Waals surface area contributed by atoms with E-state index in [2.05, 4.69) is 17.1 Å². The summed E-state index contributed by atoms with van der Waals surface area (Å²) in [4.78, 5) is 3.19. The molecule has 0 bridgehead atoms. The Morgan fingerprint density at radius 2 is 2.08 bits per heavy atom. The second-order valence-corrected chi connectivity index (χ2v) is 5.37. The molecule has 1 aromatic heterocycles. The molecule has 0 amide bonds. The van der Waals surface area contributed by atoms with Gasteiger partial charge in [0.15, 0.2) is 0 Å². The summed E-state index contributed by atoms with van der Waals surface area (Å²) < 4.78 is 2.57. The van der Waals surface area contributed by atoms with Crippen LogP contribution in [0.25, 0.3) is 0 Å². The fourth-order valence-corrected chi connectivity index (χ4v) is 3.18. The average molecular weight is 257 g/mol. The molecule has 2 rings (SSSR count). The van der Waals surface area contributed by atoms with Gasteiger partial charge in [0.25, 0.3) is 0 Å². The number of halogens is 1. The molecule has 0 fully saturated rings. The number of benzene rings is 1. The van der Waals surface area contributed by atoms with Crippen molar-refractivity contribution >= 4 is 35.6 Å². The summed E-state index contributed by atoms with van der Waals surface area (Å²) in [5, 5.41) is 0.811. The minimum atomic E-state index is 0.342. The number of nitrogens with one attached hydrogen (secondary N) is 1. The summed E-state index contributed by atoms with van der Waals surface area (Å²) in [7, 11) is 0. The first kappa shape index (κ1) is 8.89. The first-order chi connectivity index (χ1) is 6.34. The van der Waals surface area contributed by atoms with Gasteiger partial charge >= 0.3 is 88.2 Å². The molecule has 3 heteroatoms. The van der Waals surface area contributed by atoms with Gasteiger partial charge in [-0.15, -0.1) is 0 Å². The Kier molecular flexibility index (Phi) is 2.74. The molecule has 1 aromatic carbocycles. The molecule has 0 radical (unpaired) electrons. The van der Waals surface area contributed by atoms with Crippen LogP contribution >= 0.6 is 11.6 Å². The quantitative estimate of drug-likeness (QED) is 0.780. The molecule has 1 heterocycles. The topological polar surface area (TPSA) is 15.8 Å². The van der Waals surface area contributed by atoms with E-state index in [0.717, 1.165) is 5.02 Å². The Hall–Kier alpha value is -0.691. The van der Waals surface area contributed by atoms with E-state index in [9.17, 15) is 0 Å². The van der Waals surface area contributed by atoms with Crippen molar-refractivity contribution in [2.75, 3.05) is 0 Å². The van der Waals surface area contributed by atoms with Crippen LogP contribution in [0, 0.1) is 0 Å². The van der Waals surface area contributed by atoms with Gasteiger partial charge in [-0.3, -0.25) is 0 Å². The predicted octanol–water partition coefficient (Wildman–Crippen LogP) is 1.32. The van der Waals surface area contributed by atoms with Crippen molar-refractivity contribution in [3.05, 3.63) is 47.6 Å². The summed E-state index contributed by atoms with van der Waals surface area (Å²) in [5.74, 6) is 0. The summed E-state index contributed by atoms with van der Waals surface area (Å²) in [6.45, 7) is 0. The van der Waals surface area contributed by atoms with Crippen LogP contribution in [0.2, 0.25) is 5.02 Å². The van der Waals surface area contributed by atoms with Gasteiger partial charge in [0.05, 0.1) is 0 Å². The van der Waals surface area contributed by atoms with Crippen LogP contribution in [-0.2, 0) is 0 Å². The van der Waals surface area contributed by atoms with Crippen molar-refractivity contribution in [3.63, 3.8) is 0 Å². The van der Waals surface area contributed by atoms with Crippen LogP contribution in [0.3, 0.4) is 0 Å². The second-order valence-electron chi connectivity index (χ2n) is 2.59. The molecule has 1 nitrogen and oxygen atoms in total. The Morgan fingerprint density at radius 1 is 1.15 bits per heavy atom. The zero-order chi connectivity index (χ0) is 9.10. The molecule has 0 saturated heterocycles. The van der Waals surface area contributed by atoms with Gasteiger partial charge in [-0.1, -0.05) is 0 Å². The number of aromatic nitrogens is 1. The van der Waals surface area contributed by atoms with E-state index < -0.39 is 0 Å². The Bertz CT molecular complexity index is 384. The Labute approximate surface area is 88.3 Å². The van der Waals surface area contributed by atoms with E-state index in [1.165, 1.54) is 9.05 Å². The fraction of sp³-hybridized carbons (Fsp3) is 0. The number of hydrogen-bond donors (Lipinski definition) is 1. The van der Waals surface area contributed by atoms with Crippen molar-refractivity contribution in [3.8, 4) is 0 Å². The fourth-order valence-electron chi connectivity index (χ4n) is 1.03. The molecule has 66 valence electrons. The molecular weight excluding hydrogens is 249 g/mol. The molecule has 0 atom stereocenters. The molecular formula is C10H8ClNSe. The SMILES string of the molecule is Clc1cccc([Se]c2ccc[nH]2)c1. The van der Waals surface area contributed by atoms with Crippen LogP contribution in [0.4, 0.5) is 0 Å². The number of H-pyrrole nitrogens is 1. The maximum atomic E-state index is 5.88. The third-order valence-corrected chi connectivity index (χ3v) is 3.85. The predicted molar refractivity (Wildman–Crippen MR) is 57.3 cm³/mol. The van der Waals surface area contributed by atoms with Gasteiger partial charge in [-0.2, -0.15) is 0 Å². The zero-order valence-electron chi connectivity index (χ0n) is 6.83. The molecule has 0 saturated carbocycles. The average Bonchev–Trinajstić information content (AvgIpc) is 2.57. The Balaban J connectivity index is 2.19. The zero-order valence-corrected chi connectivity index (χ0v) is 9.30. The van der Waals surface area contributed by atoms with Gasteiger partial charge in [-0.05, 0) is 0 Å². The van der Waals surface area contributed by atoms with Crippen molar-refractivity contribution in [2.45, 2.75) is 0 Å². The first-order valence-corrected chi connectivity index (χ1v) is 6.00. The van der Waals surface area contributed by atoms with Gasteiger partial charge in [-0.25, -0.2) is 0 Å². The summed E-state index contributed by atoms with van der Waals surface area (Å²) in [5.41, 5.74) is 0. The van der Waals surface area contributed by atoms with Crippen molar-refractivity contribution in [1.82, 2.24) is 4.98 Å². The molecule has 0 aliphatic rings. The Morgan fingerprint density at radius 3 is 2.77 bits per heavy atom. The maximum absolute atomic E-state index is 5.88. The molecule has 0 aliphatic heterocycles. The number of rotatable bonds is 2. The third-order valence-electron chi connectivity index (χ3n) is 1.59. The van der Waals surface area contributed by atoms with E-state index in [1.54, 1.807) is 0 Å². The van der Waals surface area contributed by atoms with Gasteiger partial charge in [0, 0.05) is 0 Å². The van der Waals surface area contributed by atoms with Crippen LogP contribution in [0.1, 0.15) is 0 Å². The molecule has 0 unspecified atom stereocenters.